The predicted octanol–water partition coefficient (Wildman–Crippen LogP) is 14.6. The quantitative estimate of drug-likeness (QED) is 0.170. The smallest absolute Gasteiger partial charge is 0.160 e. The highest BCUT2D eigenvalue weighted by Gasteiger charge is 2.26. The molecule has 2 aromatic heterocycles. The van der Waals surface area contributed by atoms with E-state index in [2.05, 4.69) is 182 Å². The molecule has 2 nitrogen and oxygen atoms in total. The summed E-state index contributed by atoms with van der Waals surface area (Å²) in [6.07, 6.45) is 6.13. The number of benzene rings is 9. The molecule has 0 saturated heterocycles. The molecule has 0 N–H and O–H groups in total. The van der Waals surface area contributed by atoms with Gasteiger partial charge >= 0.3 is 0 Å². The van der Waals surface area contributed by atoms with Gasteiger partial charge in [0, 0.05) is 38.2 Å². The molecule has 0 fully saturated rings. The van der Waals surface area contributed by atoms with E-state index in [1.54, 1.807) is 0 Å². The molecule has 0 amide bonds. The Balaban J connectivity index is 1.30. The average molecular weight is 676 g/mol. The van der Waals surface area contributed by atoms with Gasteiger partial charge in [-0.25, -0.2) is 0 Å². The molecule has 0 bridgehead atoms. The van der Waals surface area contributed by atoms with Crippen molar-refractivity contribution in [2.75, 3.05) is 0 Å². The number of aromatic nitrogens is 1. The first-order valence-electron chi connectivity index (χ1n) is 18.3. The van der Waals surface area contributed by atoms with E-state index >= 15 is 0 Å². The largest absolute Gasteiger partial charge is 0.454 e. The molecule has 53 heavy (non-hydrogen) atoms. The lowest BCUT2D eigenvalue weighted by Gasteiger charge is -2.15. The third kappa shape index (κ3) is 4.09. The number of allylic oxidation sites excluding steroid dienone is 1. The van der Waals surface area contributed by atoms with Crippen LogP contribution in [0.2, 0.25) is 0 Å². The summed E-state index contributed by atoms with van der Waals surface area (Å²) in [7, 11) is 0. The fourth-order valence-electron chi connectivity index (χ4n) is 9.08. The minimum absolute atomic E-state index is 0.777. The third-order valence-corrected chi connectivity index (χ3v) is 11.2. The van der Waals surface area contributed by atoms with Gasteiger partial charge in [0.05, 0.1) is 11.0 Å². The number of nitrogens with zero attached hydrogens (tertiary/aromatic N) is 1. The number of furan rings is 1. The first-order chi connectivity index (χ1) is 26.2. The first kappa shape index (κ1) is 29.8. The van der Waals surface area contributed by atoms with Gasteiger partial charge in [-0.2, -0.15) is 0 Å². The maximum absolute atomic E-state index is 6.97. The van der Waals surface area contributed by atoms with Gasteiger partial charge in [0.25, 0.3) is 0 Å². The van der Waals surface area contributed by atoms with Crippen LogP contribution >= 0.6 is 0 Å². The van der Waals surface area contributed by atoms with E-state index in [9.17, 15) is 0 Å². The zero-order valence-corrected chi connectivity index (χ0v) is 29.2. The van der Waals surface area contributed by atoms with Crippen molar-refractivity contribution in [3.63, 3.8) is 0 Å². The fraction of sp³-hybridized carbons (Fsp3) is 0.0196. The van der Waals surface area contributed by atoms with Crippen LogP contribution in [0.25, 0.3) is 116 Å². The molecule has 0 aliphatic carbocycles. The molecule has 0 aliphatic heterocycles. The maximum Gasteiger partial charge on any atom is 0.160 e. The Kier molecular flexibility index (Phi) is 6.35. The number of rotatable bonds is 4. The van der Waals surface area contributed by atoms with E-state index in [-0.39, 0.29) is 0 Å². The summed E-state index contributed by atoms with van der Waals surface area (Å²) in [4.78, 5) is 0. The minimum Gasteiger partial charge on any atom is -0.454 e. The Hall–Kier alpha value is -6.90. The molecule has 9 aromatic carbocycles. The average Bonchev–Trinajstić information content (AvgIpc) is 3.76. The van der Waals surface area contributed by atoms with Crippen LogP contribution in [-0.4, -0.2) is 4.57 Å². The number of para-hydroxylation sites is 1. The summed E-state index contributed by atoms with van der Waals surface area (Å²) < 4.78 is 9.38. The van der Waals surface area contributed by atoms with Crippen LogP contribution < -0.4 is 0 Å². The van der Waals surface area contributed by atoms with Crippen LogP contribution in [0.4, 0.5) is 0 Å². The van der Waals surface area contributed by atoms with Gasteiger partial charge in [-0.1, -0.05) is 146 Å². The molecule has 0 unspecified atom stereocenters. The third-order valence-electron chi connectivity index (χ3n) is 11.2. The lowest BCUT2D eigenvalue weighted by molar-refractivity contribution is 0.605. The normalized spacial score (nSPS) is 12.2. The standard InChI is InChI=1S/C51H33NO/c1-3-15-42-45(4-2)53-51-49(42)47-40-23-12-10-20-37(40)36-19-9-11-22-39(36)46(47)48-41-24-13-14-25-44(41)52(50(48)51)33-28-26-31(27-29-33)43-30-32-16-5-6-17-34(32)35-18-7-8-21-38(35)43/h3-30H,2H2,1H3/b15-3-. The van der Waals surface area contributed by atoms with E-state index in [0.717, 1.165) is 39.0 Å². The molecule has 0 spiro atoms. The van der Waals surface area contributed by atoms with Crippen LogP contribution in [0.5, 0.6) is 0 Å². The van der Waals surface area contributed by atoms with Crippen LogP contribution in [0.15, 0.2) is 169 Å². The molecular weight excluding hydrogens is 643 g/mol. The van der Waals surface area contributed by atoms with Gasteiger partial charge in [0.15, 0.2) is 5.58 Å². The number of hydrogen-bond acceptors (Lipinski definition) is 1. The van der Waals surface area contributed by atoms with Crippen LogP contribution in [0.3, 0.4) is 0 Å². The Labute approximate surface area is 306 Å². The van der Waals surface area contributed by atoms with Crippen molar-refractivity contribution < 1.29 is 4.42 Å². The summed E-state index contributed by atoms with van der Waals surface area (Å²) in [6, 6.07) is 55.3. The summed E-state index contributed by atoms with van der Waals surface area (Å²) >= 11 is 0. The van der Waals surface area contributed by atoms with Gasteiger partial charge in [0.1, 0.15) is 5.76 Å². The molecular formula is C51H33NO. The summed E-state index contributed by atoms with van der Waals surface area (Å²) in [6.45, 7) is 6.28. The van der Waals surface area contributed by atoms with Crippen LogP contribution in [0, 0.1) is 0 Å². The van der Waals surface area contributed by atoms with Crippen molar-refractivity contribution in [2.45, 2.75) is 6.92 Å². The Bertz CT molecular complexity index is 3350. The first-order valence-corrected chi connectivity index (χ1v) is 18.3. The molecule has 2 heteroatoms. The van der Waals surface area contributed by atoms with Gasteiger partial charge in [-0.3, -0.25) is 0 Å². The molecule has 0 saturated carbocycles. The molecule has 2 heterocycles. The molecule has 0 radical (unpaired) electrons. The van der Waals surface area contributed by atoms with E-state index < -0.39 is 0 Å². The van der Waals surface area contributed by atoms with Crippen molar-refractivity contribution >= 4 is 98.8 Å². The van der Waals surface area contributed by atoms with Gasteiger partial charge in [-0.15, -0.1) is 0 Å². The molecule has 11 rings (SSSR count). The second-order valence-corrected chi connectivity index (χ2v) is 13.9. The Morgan fingerprint density at radius 2 is 1.08 bits per heavy atom. The lowest BCUT2D eigenvalue weighted by Crippen LogP contribution is -1.95. The van der Waals surface area contributed by atoms with Gasteiger partial charge in [0.2, 0.25) is 0 Å². The van der Waals surface area contributed by atoms with Crippen molar-refractivity contribution in [1.82, 2.24) is 4.57 Å². The second-order valence-electron chi connectivity index (χ2n) is 13.9. The van der Waals surface area contributed by atoms with Crippen LogP contribution in [-0.2, 0) is 0 Å². The van der Waals surface area contributed by atoms with Gasteiger partial charge in [-0.05, 0) is 91.5 Å². The monoisotopic (exact) mass is 675 g/mol. The summed E-state index contributed by atoms with van der Waals surface area (Å²) in [5.41, 5.74) is 7.64. The number of fused-ring (bicyclic) bond motifs is 16. The zero-order valence-electron chi connectivity index (χ0n) is 29.2. The molecule has 11 aromatic rings. The maximum atomic E-state index is 6.97. The zero-order chi connectivity index (χ0) is 35.2. The van der Waals surface area contributed by atoms with Crippen molar-refractivity contribution in [3.05, 3.63) is 176 Å². The highest BCUT2D eigenvalue weighted by Crippen LogP contribution is 2.50. The van der Waals surface area contributed by atoms with Gasteiger partial charge < -0.3 is 8.98 Å². The highest BCUT2D eigenvalue weighted by atomic mass is 16.3. The lowest BCUT2D eigenvalue weighted by atomic mass is 9.88. The predicted molar refractivity (Wildman–Crippen MR) is 228 cm³/mol. The topological polar surface area (TPSA) is 18.1 Å². The summed E-state index contributed by atoms with van der Waals surface area (Å²) in [5.74, 6) is 0.777. The molecule has 0 aliphatic rings. The van der Waals surface area contributed by atoms with E-state index in [0.29, 0.717) is 0 Å². The molecule has 0 atom stereocenters. The minimum atomic E-state index is 0.777. The molecule has 248 valence electrons. The van der Waals surface area contributed by atoms with Crippen molar-refractivity contribution in [1.29, 1.82) is 0 Å². The van der Waals surface area contributed by atoms with E-state index in [4.69, 9.17) is 4.42 Å². The second kappa shape index (κ2) is 11.3. The van der Waals surface area contributed by atoms with E-state index in [1.165, 1.54) is 75.8 Å². The van der Waals surface area contributed by atoms with E-state index in [1.807, 2.05) is 6.08 Å². The fourth-order valence-corrected chi connectivity index (χ4v) is 9.08. The Morgan fingerprint density at radius 1 is 0.528 bits per heavy atom. The van der Waals surface area contributed by atoms with Crippen molar-refractivity contribution in [3.8, 4) is 16.8 Å². The van der Waals surface area contributed by atoms with Crippen molar-refractivity contribution in [2.24, 2.45) is 0 Å². The SMILES string of the molecule is C=Cc1oc2c(c1/C=C\C)c1c3ccccc3c3ccccc3c1c1c3ccccc3n(-c3ccc(-c4cc5ccccc5c5ccccc45)cc3)c21. The van der Waals surface area contributed by atoms with Crippen LogP contribution in [0.1, 0.15) is 18.2 Å². The Morgan fingerprint density at radius 3 is 1.74 bits per heavy atom. The number of hydrogen-bond donors (Lipinski definition) is 0. The highest BCUT2D eigenvalue weighted by molar-refractivity contribution is 6.43. The summed E-state index contributed by atoms with van der Waals surface area (Å²) in [5, 5.41) is 16.0.